The van der Waals surface area contributed by atoms with Gasteiger partial charge in [-0.3, -0.25) is 0 Å². The normalized spacial score (nSPS) is 11.1. The van der Waals surface area contributed by atoms with E-state index in [2.05, 4.69) is 50.4 Å². The number of aryl methyl sites for hydroxylation is 1. The monoisotopic (exact) mass is 249 g/mol. The standard InChI is InChI=1S/C16H27NO/c1-4-15-6-8-16(9-7-15)12-17-10-5-11-18-13-14(2)3/h6-9,14,17H,4-5,10-13H2,1-3H3. The molecule has 1 rings (SSSR count). The average molecular weight is 249 g/mol. The highest BCUT2D eigenvalue weighted by Gasteiger charge is 1.95. The smallest absolute Gasteiger partial charge is 0.0489 e. The molecule has 0 spiro atoms. The van der Waals surface area contributed by atoms with Gasteiger partial charge in [0.15, 0.2) is 0 Å². The molecule has 1 aromatic rings. The fourth-order valence-electron chi connectivity index (χ4n) is 1.74. The van der Waals surface area contributed by atoms with E-state index in [1.165, 1.54) is 11.1 Å². The van der Waals surface area contributed by atoms with Gasteiger partial charge in [-0.25, -0.2) is 0 Å². The zero-order valence-electron chi connectivity index (χ0n) is 12.0. The molecule has 0 fully saturated rings. The van der Waals surface area contributed by atoms with E-state index in [4.69, 9.17) is 4.74 Å². The lowest BCUT2D eigenvalue weighted by atomic mass is 10.1. The van der Waals surface area contributed by atoms with Crippen LogP contribution in [0.1, 0.15) is 38.3 Å². The van der Waals surface area contributed by atoms with E-state index in [0.717, 1.165) is 39.1 Å². The Balaban J connectivity index is 2.03. The second kappa shape index (κ2) is 9.12. The van der Waals surface area contributed by atoms with Gasteiger partial charge in [0.2, 0.25) is 0 Å². The van der Waals surface area contributed by atoms with Crippen LogP contribution in [-0.4, -0.2) is 19.8 Å². The molecule has 2 nitrogen and oxygen atoms in total. The Morgan fingerprint density at radius 1 is 1.11 bits per heavy atom. The summed E-state index contributed by atoms with van der Waals surface area (Å²) in [5, 5.41) is 3.45. The highest BCUT2D eigenvalue weighted by Crippen LogP contribution is 2.04. The Morgan fingerprint density at radius 2 is 1.78 bits per heavy atom. The molecule has 1 N–H and O–H groups in total. The Bertz CT molecular complexity index is 305. The topological polar surface area (TPSA) is 21.3 Å². The molecule has 0 saturated carbocycles. The third-order valence-corrected chi connectivity index (χ3v) is 2.85. The lowest BCUT2D eigenvalue weighted by Crippen LogP contribution is -2.17. The minimum absolute atomic E-state index is 0.634. The number of ether oxygens (including phenoxy) is 1. The summed E-state index contributed by atoms with van der Waals surface area (Å²) in [5.74, 6) is 0.634. The zero-order valence-corrected chi connectivity index (χ0v) is 12.0. The van der Waals surface area contributed by atoms with Crippen molar-refractivity contribution in [2.45, 2.75) is 40.2 Å². The number of rotatable bonds is 9. The van der Waals surface area contributed by atoms with E-state index in [0.29, 0.717) is 5.92 Å². The Morgan fingerprint density at radius 3 is 2.39 bits per heavy atom. The van der Waals surface area contributed by atoms with Gasteiger partial charge in [0.25, 0.3) is 0 Å². The van der Waals surface area contributed by atoms with Gasteiger partial charge in [-0.05, 0) is 36.4 Å². The first-order valence-electron chi connectivity index (χ1n) is 7.08. The lowest BCUT2D eigenvalue weighted by molar-refractivity contribution is 0.108. The van der Waals surface area contributed by atoms with Crippen LogP contribution in [0.3, 0.4) is 0 Å². The maximum absolute atomic E-state index is 5.54. The first-order chi connectivity index (χ1) is 8.72. The van der Waals surface area contributed by atoms with Gasteiger partial charge in [-0.15, -0.1) is 0 Å². The van der Waals surface area contributed by atoms with Crippen LogP contribution in [0.5, 0.6) is 0 Å². The van der Waals surface area contributed by atoms with Gasteiger partial charge in [-0.1, -0.05) is 45.0 Å². The lowest BCUT2D eigenvalue weighted by Gasteiger charge is -2.08. The highest BCUT2D eigenvalue weighted by molar-refractivity contribution is 5.22. The first-order valence-corrected chi connectivity index (χ1v) is 7.08. The summed E-state index contributed by atoms with van der Waals surface area (Å²) in [6.07, 6.45) is 2.20. The second-order valence-corrected chi connectivity index (χ2v) is 5.17. The van der Waals surface area contributed by atoms with E-state index in [9.17, 15) is 0 Å². The highest BCUT2D eigenvalue weighted by atomic mass is 16.5. The molecular weight excluding hydrogens is 222 g/mol. The van der Waals surface area contributed by atoms with Crippen molar-refractivity contribution in [3.63, 3.8) is 0 Å². The third-order valence-electron chi connectivity index (χ3n) is 2.85. The van der Waals surface area contributed by atoms with Crippen molar-refractivity contribution in [2.24, 2.45) is 5.92 Å². The van der Waals surface area contributed by atoms with E-state index in [1.54, 1.807) is 0 Å². The number of hydrogen-bond acceptors (Lipinski definition) is 2. The van der Waals surface area contributed by atoms with Crippen molar-refractivity contribution in [3.8, 4) is 0 Å². The molecule has 0 aliphatic heterocycles. The molecule has 18 heavy (non-hydrogen) atoms. The van der Waals surface area contributed by atoms with Crippen LogP contribution in [0.15, 0.2) is 24.3 Å². The van der Waals surface area contributed by atoms with E-state index in [1.807, 2.05) is 0 Å². The van der Waals surface area contributed by atoms with E-state index >= 15 is 0 Å². The van der Waals surface area contributed by atoms with Crippen molar-refractivity contribution in [3.05, 3.63) is 35.4 Å². The molecule has 1 aromatic carbocycles. The van der Waals surface area contributed by atoms with Crippen molar-refractivity contribution < 1.29 is 4.74 Å². The molecule has 0 heterocycles. The Hall–Kier alpha value is -0.860. The second-order valence-electron chi connectivity index (χ2n) is 5.17. The van der Waals surface area contributed by atoms with Crippen LogP contribution in [0.2, 0.25) is 0 Å². The maximum atomic E-state index is 5.54. The molecule has 0 unspecified atom stereocenters. The van der Waals surface area contributed by atoms with Crippen LogP contribution in [0.25, 0.3) is 0 Å². The minimum atomic E-state index is 0.634. The molecule has 0 aliphatic rings. The quantitative estimate of drug-likeness (QED) is 0.677. The van der Waals surface area contributed by atoms with Crippen LogP contribution >= 0.6 is 0 Å². The summed E-state index contributed by atoms with van der Waals surface area (Å²) < 4.78 is 5.54. The predicted molar refractivity (Wildman–Crippen MR) is 77.8 cm³/mol. The fraction of sp³-hybridized carbons (Fsp3) is 0.625. The number of benzene rings is 1. The van der Waals surface area contributed by atoms with Gasteiger partial charge in [0, 0.05) is 19.8 Å². The van der Waals surface area contributed by atoms with E-state index in [-0.39, 0.29) is 0 Å². The molecule has 0 amide bonds. The molecular formula is C16H27NO. The molecule has 0 bridgehead atoms. The molecule has 0 saturated heterocycles. The average Bonchev–Trinajstić information content (AvgIpc) is 2.38. The number of hydrogen-bond donors (Lipinski definition) is 1. The molecule has 0 atom stereocenters. The first kappa shape index (κ1) is 15.2. The Kier molecular flexibility index (Phi) is 7.70. The summed E-state index contributed by atoms with van der Waals surface area (Å²) in [4.78, 5) is 0. The van der Waals surface area contributed by atoms with Crippen LogP contribution < -0.4 is 5.32 Å². The van der Waals surface area contributed by atoms with Crippen molar-refractivity contribution in [1.82, 2.24) is 5.32 Å². The summed E-state index contributed by atoms with van der Waals surface area (Å²) >= 11 is 0. The summed E-state index contributed by atoms with van der Waals surface area (Å²) in [6.45, 7) is 10.3. The van der Waals surface area contributed by atoms with Gasteiger partial charge in [-0.2, -0.15) is 0 Å². The molecule has 2 heteroatoms. The molecule has 0 aromatic heterocycles. The largest absolute Gasteiger partial charge is 0.381 e. The molecule has 0 aliphatic carbocycles. The molecule has 0 radical (unpaired) electrons. The third kappa shape index (κ3) is 6.77. The predicted octanol–water partition coefficient (Wildman–Crippen LogP) is 3.40. The zero-order chi connectivity index (χ0) is 13.2. The minimum Gasteiger partial charge on any atom is -0.381 e. The fourth-order valence-corrected chi connectivity index (χ4v) is 1.74. The maximum Gasteiger partial charge on any atom is 0.0489 e. The van der Waals surface area contributed by atoms with E-state index < -0.39 is 0 Å². The van der Waals surface area contributed by atoms with Gasteiger partial charge < -0.3 is 10.1 Å². The van der Waals surface area contributed by atoms with Crippen molar-refractivity contribution in [1.29, 1.82) is 0 Å². The van der Waals surface area contributed by atoms with Gasteiger partial charge >= 0.3 is 0 Å². The van der Waals surface area contributed by atoms with Crippen molar-refractivity contribution in [2.75, 3.05) is 19.8 Å². The molecule has 102 valence electrons. The van der Waals surface area contributed by atoms with Crippen molar-refractivity contribution >= 4 is 0 Å². The SMILES string of the molecule is CCc1ccc(CNCCCOCC(C)C)cc1. The Labute approximate surface area is 112 Å². The van der Waals surface area contributed by atoms with Crippen LogP contribution in [0, 0.1) is 5.92 Å². The summed E-state index contributed by atoms with van der Waals surface area (Å²) in [6, 6.07) is 8.84. The van der Waals surface area contributed by atoms with Crippen LogP contribution in [-0.2, 0) is 17.7 Å². The van der Waals surface area contributed by atoms with Gasteiger partial charge in [0.05, 0.1) is 0 Å². The van der Waals surface area contributed by atoms with Crippen LogP contribution in [0.4, 0.5) is 0 Å². The summed E-state index contributed by atoms with van der Waals surface area (Å²) in [7, 11) is 0. The summed E-state index contributed by atoms with van der Waals surface area (Å²) in [5.41, 5.74) is 2.76. The number of nitrogens with one attached hydrogen (secondary N) is 1. The van der Waals surface area contributed by atoms with Gasteiger partial charge in [0.1, 0.15) is 0 Å².